The molecule has 3 amide bonds. The fraction of sp³-hybridized carbons (Fsp3) is 0.850. The molecular formula is C20H36N6O2. The van der Waals surface area contributed by atoms with Gasteiger partial charge in [-0.05, 0) is 58.9 Å². The molecule has 28 heavy (non-hydrogen) atoms. The maximum absolute atomic E-state index is 12.2. The summed E-state index contributed by atoms with van der Waals surface area (Å²) in [7, 11) is 0. The van der Waals surface area contributed by atoms with E-state index >= 15 is 0 Å². The molecule has 0 aromatic heterocycles. The van der Waals surface area contributed by atoms with Crippen molar-refractivity contribution in [2.75, 3.05) is 39.3 Å². The van der Waals surface area contributed by atoms with Crippen molar-refractivity contribution >= 4 is 17.9 Å². The zero-order valence-electron chi connectivity index (χ0n) is 17.6. The lowest BCUT2D eigenvalue weighted by molar-refractivity contribution is -0.125. The Hall–Kier alpha value is -1.83. The van der Waals surface area contributed by atoms with Gasteiger partial charge in [-0.25, -0.2) is 4.79 Å². The molecule has 3 aliphatic rings. The minimum Gasteiger partial charge on any atom is -0.357 e. The summed E-state index contributed by atoms with van der Waals surface area (Å²) in [4.78, 5) is 33.5. The third-order valence-corrected chi connectivity index (χ3v) is 6.61. The number of nitrogens with one attached hydrogen (secondary N) is 3. The molecule has 0 aromatic carbocycles. The van der Waals surface area contributed by atoms with Crippen LogP contribution in [0.15, 0.2) is 4.99 Å². The van der Waals surface area contributed by atoms with Gasteiger partial charge in [0.25, 0.3) is 5.91 Å². The standard InChI is InChI=1S/C20H36N6O2/c1-4-21-18(22-10-14-25-11-6-5-7-15(25)2)26-12-8-16(9-13-26)20(3)17(27)23-19(28)24-20/h15-16H,4-14H2,1-3H3,(H,21,22)(H2,23,24,27,28). The van der Waals surface area contributed by atoms with Crippen LogP contribution in [0.4, 0.5) is 4.79 Å². The first-order chi connectivity index (χ1) is 13.4. The van der Waals surface area contributed by atoms with Gasteiger partial charge in [-0.2, -0.15) is 0 Å². The van der Waals surface area contributed by atoms with Gasteiger partial charge in [-0.1, -0.05) is 6.42 Å². The number of aliphatic imine (C=N–C) groups is 1. The van der Waals surface area contributed by atoms with E-state index < -0.39 is 5.54 Å². The van der Waals surface area contributed by atoms with E-state index in [1.54, 1.807) is 0 Å². The molecule has 3 aliphatic heterocycles. The fourth-order valence-electron chi connectivity index (χ4n) is 4.71. The highest BCUT2D eigenvalue weighted by atomic mass is 16.2. The molecule has 3 N–H and O–H groups in total. The molecule has 2 atom stereocenters. The number of urea groups is 1. The van der Waals surface area contributed by atoms with Gasteiger partial charge in [0.15, 0.2) is 5.96 Å². The molecule has 0 aromatic rings. The van der Waals surface area contributed by atoms with Crippen molar-refractivity contribution in [3.05, 3.63) is 0 Å². The van der Waals surface area contributed by atoms with Crippen LogP contribution in [-0.4, -0.2) is 78.5 Å². The Morgan fingerprint density at radius 3 is 2.57 bits per heavy atom. The molecule has 0 aliphatic carbocycles. The van der Waals surface area contributed by atoms with Crippen LogP contribution in [0, 0.1) is 5.92 Å². The van der Waals surface area contributed by atoms with Crippen molar-refractivity contribution in [2.45, 2.75) is 64.5 Å². The molecule has 3 rings (SSSR count). The van der Waals surface area contributed by atoms with Crippen LogP contribution >= 0.6 is 0 Å². The van der Waals surface area contributed by atoms with Crippen molar-refractivity contribution in [1.29, 1.82) is 0 Å². The van der Waals surface area contributed by atoms with Crippen LogP contribution in [0.5, 0.6) is 0 Å². The highest BCUT2D eigenvalue weighted by Crippen LogP contribution is 2.30. The molecule has 8 nitrogen and oxygen atoms in total. The molecule has 0 saturated carbocycles. The minimum absolute atomic E-state index is 0.146. The van der Waals surface area contributed by atoms with Crippen LogP contribution in [0.2, 0.25) is 0 Å². The average Bonchev–Trinajstić information content (AvgIpc) is 2.95. The number of imide groups is 1. The van der Waals surface area contributed by atoms with Crippen LogP contribution in [0.25, 0.3) is 0 Å². The van der Waals surface area contributed by atoms with E-state index in [2.05, 4.69) is 39.6 Å². The molecule has 3 saturated heterocycles. The minimum atomic E-state index is -0.789. The Bertz CT molecular complexity index is 602. The third kappa shape index (κ3) is 4.59. The van der Waals surface area contributed by atoms with E-state index in [4.69, 9.17) is 4.99 Å². The van der Waals surface area contributed by atoms with E-state index in [0.717, 1.165) is 51.5 Å². The van der Waals surface area contributed by atoms with E-state index in [1.165, 1.54) is 25.8 Å². The number of amides is 3. The van der Waals surface area contributed by atoms with Crippen LogP contribution in [-0.2, 0) is 4.79 Å². The maximum Gasteiger partial charge on any atom is 0.322 e. The second kappa shape index (κ2) is 9.11. The number of rotatable bonds is 5. The summed E-state index contributed by atoms with van der Waals surface area (Å²) in [5, 5.41) is 8.62. The fourth-order valence-corrected chi connectivity index (χ4v) is 4.71. The van der Waals surface area contributed by atoms with E-state index in [-0.39, 0.29) is 17.9 Å². The molecule has 8 heteroatoms. The van der Waals surface area contributed by atoms with Crippen molar-refractivity contribution in [2.24, 2.45) is 10.9 Å². The van der Waals surface area contributed by atoms with Crippen LogP contribution in [0.1, 0.15) is 52.9 Å². The van der Waals surface area contributed by atoms with Crippen molar-refractivity contribution in [1.82, 2.24) is 25.8 Å². The number of carbonyl (C=O) groups excluding carboxylic acids is 2. The quantitative estimate of drug-likeness (QED) is 0.371. The van der Waals surface area contributed by atoms with E-state index in [9.17, 15) is 9.59 Å². The summed E-state index contributed by atoms with van der Waals surface area (Å²) in [5.74, 6) is 0.912. The Morgan fingerprint density at radius 1 is 1.21 bits per heavy atom. The normalized spacial score (nSPS) is 30.3. The van der Waals surface area contributed by atoms with Gasteiger partial charge >= 0.3 is 6.03 Å². The summed E-state index contributed by atoms with van der Waals surface area (Å²) < 4.78 is 0. The van der Waals surface area contributed by atoms with E-state index in [0.29, 0.717) is 6.04 Å². The van der Waals surface area contributed by atoms with Gasteiger partial charge in [0.05, 0.1) is 6.54 Å². The molecule has 0 spiro atoms. The number of guanidine groups is 1. The van der Waals surface area contributed by atoms with Gasteiger partial charge in [0, 0.05) is 32.2 Å². The number of likely N-dealkylation sites (tertiary alicyclic amines) is 2. The lowest BCUT2D eigenvalue weighted by Gasteiger charge is -2.39. The molecule has 0 bridgehead atoms. The Kier molecular flexibility index (Phi) is 6.80. The molecule has 0 radical (unpaired) electrons. The second-order valence-corrected chi connectivity index (χ2v) is 8.49. The number of piperidine rings is 2. The summed E-state index contributed by atoms with van der Waals surface area (Å²) in [6.07, 6.45) is 5.65. The highest BCUT2D eigenvalue weighted by molar-refractivity contribution is 6.07. The smallest absolute Gasteiger partial charge is 0.322 e. The molecule has 2 unspecified atom stereocenters. The highest BCUT2D eigenvalue weighted by Gasteiger charge is 2.48. The summed E-state index contributed by atoms with van der Waals surface area (Å²) in [5.41, 5.74) is -0.789. The predicted octanol–water partition coefficient (Wildman–Crippen LogP) is 1.14. The first-order valence-corrected chi connectivity index (χ1v) is 10.8. The third-order valence-electron chi connectivity index (χ3n) is 6.61. The second-order valence-electron chi connectivity index (χ2n) is 8.49. The lowest BCUT2D eigenvalue weighted by Crippen LogP contribution is -2.55. The Labute approximate surface area is 168 Å². The van der Waals surface area contributed by atoms with Crippen molar-refractivity contribution in [3.8, 4) is 0 Å². The Morgan fingerprint density at radius 2 is 1.96 bits per heavy atom. The van der Waals surface area contributed by atoms with Crippen molar-refractivity contribution < 1.29 is 9.59 Å². The molecule has 3 fully saturated rings. The monoisotopic (exact) mass is 392 g/mol. The summed E-state index contributed by atoms with van der Waals surface area (Å²) in [6, 6.07) is 0.285. The zero-order chi connectivity index (χ0) is 20.1. The van der Waals surface area contributed by atoms with Crippen LogP contribution < -0.4 is 16.0 Å². The topological polar surface area (TPSA) is 89.1 Å². The lowest BCUT2D eigenvalue weighted by atomic mass is 9.79. The summed E-state index contributed by atoms with van der Waals surface area (Å²) in [6.45, 7) is 11.8. The zero-order valence-corrected chi connectivity index (χ0v) is 17.6. The molecular weight excluding hydrogens is 356 g/mol. The van der Waals surface area contributed by atoms with Gasteiger partial charge in [-0.15, -0.1) is 0 Å². The average molecular weight is 393 g/mol. The number of hydrogen-bond acceptors (Lipinski definition) is 4. The van der Waals surface area contributed by atoms with Crippen molar-refractivity contribution in [3.63, 3.8) is 0 Å². The number of hydrogen-bond donors (Lipinski definition) is 3. The first-order valence-electron chi connectivity index (χ1n) is 10.8. The maximum atomic E-state index is 12.2. The predicted molar refractivity (Wildman–Crippen MR) is 110 cm³/mol. The number of carbonyl (C=O) groups is 2. The first kappa shape index (κ1) is 20.9. The molecule has 158 valence electrons. The summed E-state index contributed by atoms with van der Waals surface area (Å²) >= 11 is 0. The van der Waals surface area contributed by atoms with Gasteiger partial charge in [0.2, 0.25) is 0 Å². The van der Waals surface area contributed by atoms with Crippen LogP contribution in [0.3, 0.4) is 0 Å². The Balaban J connectivity index is 1.54. The SMILES string of the molecule is CCNC(=NCCN1CCCCC1C)N1CCC(C2(C)NC(=O)NC2=O)CC1. The van der Waals surface area contributed by atoms with E-state index in [1.807, 2.05) is 6.92 Å². The van der Waals surface area contributed by atoms with Gasteiger partial charge in [0.1, 0.15) is 5.54 Å². The number of nitrogens with zero attached hydrogens (tertiary/aromatic N) is 3. The molecule has 3 heterocycles. The van der Waals surface area contributed by atoms with Gasteiger partial charge < -0.3 is 15.5 Å². The van der Waals surface area contributed by atoms with Gasteiger partial charge in [-0.3, -0.25) is 20.0 Å². The largest absolute Gasteiger partial charge is 0.357 e.